The lowest BCUT2D eigenvalue weighted by atomic mass is 10.1. The minimum atomic E-state index is -3.93. The van der Waals surface area contributed by atoms with Crippen molar-refractivity contribution in [3.05, 3.63) is 28.3 Å². The van der Waals surface area contributed by atoms with E-state index in [1.807, 2.05) is 6.92 Å². The van der Waals surface area contributed by atoms with Gasteiger partial charge < -0.3 is 4.74 Å². The van der Waals surface area contributed by atoms with Gasteiger partial charge in [0, 0.05) is 5.02 Å². The molecule has 1 rings (SSSR count). The summed E-state index contributed by atoms with van der Waals surface area (Å²) in [5.41, 5.74) is 0.590. The number of hydrogen-bond donors (Lipinski definition) is 1. The predicted molar refractivity (Wildman–Crippen MR) is 81.9 cm³/mol. The Morgan fingerprint density at radius 1 is 1.43 bits per heavy atom. The van der Waals surface area contributed by atoms with Gasteiger partial charge in [0.05, 0.1) is 17.1 Å². The van der Waals surface area contributed by atoms with Gasteiger partial charge in [-0.1, -0.05) is 31.9 Å². The molecule has 1 aromatic rings. The molecule has 0 saturated heterocycles. The van der Waals surface area contributed by atoms with Crippen LogP contribution in [0, 0.1) is 12.8 Å². The lowest BCUT2D eigenvalue weighted by Crippen LogP contribution is -2.16. The summed E-state index contributed by atoms with van der Waals surface area (Å²) in [5, 5.41) is 5.23. The minimum absolute atomic E-state index is 0.121. The van der Waals surface area contributed by atoms with Gasteiger partial charge in [0.25, 0.3) is 0 Å². The molecule has 2 N–H and O–H groups in total. The number of sulfonamides is 1. The molecule has 0 aliphatic carbocycles. The van der Waals surface area contributed by atoms with Crippen molar-refractivity contribution in [2.75, 3.05) is 6.61 Å². The molecule has 0 saturated carbocycles. The largest absolute Gasteiger partial charge is 0.462 e. The smallest absolute Gasteiger partial charge is 0.338 e. The summed E-state index contributed by atoms with van der Waals surface area (Å²) in [6.07, 6.45) is 1.95. The van der Waals surface area contributed by atoms with Crippen LogP contribution in [0.3, 0.4) is 0 Å². The van der Waals surface area contributed by atoms with Crippen molar-refractivity contribution in [1.82, 2.24) is 0 Å². The molecule has 5 nitrogen and oxygen atoms in total. The zero-order chi connectivity index (χ0) is 16.2. The monoisotopic (exact) mass is 333 g/mol. The Kier molecular flexibility index (Phi) is 6.19. The van der Waals surface area contributed by atoms with Crippen LogP contribution < -0.4 is 5.14 Å². The maximum atomic E-state index is 12.1. The van der Waals surface area contributed by atoms with Crippen molar-refractivity contribution in [3.8, 4) is 0 Å². The first kappa shape index (κ1) is 17.9. The summed E-state index contributed by atoms with van der Waals surface area (Å²) in [6.45, 7) is 5.94. The molecule has 0 aliphatic rings. The average molecular weight is 334 g/mol. The standard InChI is InChI=1S/C14H20ClNO4S/c1-4-5-9(2)8-20-14(17)12-6-11(21(16,18)19)7-13(15)10(12)3/h6-7,9H,4-5,8H2,1-3H3,(H2,16,18,19). The Balaban J connectivity index is 3.01. The van der Waals surface area contributed by atoms with Gasteiger partial charge in [-0.2, -0.15) is 0 Å². The van der Waals surface area contributed by atoms with Crippen molar-refractivity contribution in [2.24, 2.45) is 11.1 Å². The molecule has 0 radical (unpaired) electrons. The quantitative estimate of drug-likeness (QED) is 0.811. The van der Waals surface area contributed by atoms with E-state index in [0.717, 1.165) is 12.8 Å². The molecular weight excluding hydrogens is 314 g/mol. The summed E-state index contributed by atoms with van der Waals surface area (Å²) in [6, 6.07) is 2.42. The van der Waals surface area contributed by atoms with Crippen molar-refractivity contribution in [1.29, 1.82) is 0 Å². The second-order valence-corrected chi connectivity index (χ2v) is 7.08. The van der Waals surface area contributed by atoms with Gasteiger partial charge in [-0.15, -0.1) is 0 Å². The fourth-order valence-electron chi connectivity index (χ4n) is 1.90. The first-order valence-electron chi connectivity index (χ1n) is 6.66. The minimum Gasteiger partial charge on any atom is -0.462 e. The topological polar surface area (TPSA) is 86.5 Å². The molecule has 7 heteroatoms. The normalized spacial score (nSPS) is 13.0. The van der Waals surface area contributed by atoms with Gasteiger partial charge in [0.1, 0.15) is 0 Å². The van der Waals surface area contributed by atoms with Crippen LogP contribution in [-0.4, -0.2) is 21.0 Å². The van der Waals surface area contributed by atoms with Crippen LogP contribution in [0.5, 0.6) is 0 Å². The van der Waals surface area contributed by atoms with E-state index in [1.165, 1.54) is 12.1 Å². The van der Waals surface area contributed by atoms with Crippen molar-refractivity contribution < 1.29 is 17.9 Å². The van der Waals surface area contributed by atoms with E-state index in [9.17, 15) is 13.2 Å². The first-order chi connectivity index (χ1) is 9.66. The van der Waals surface area contributed by atoms with Crippen LogP contribution >= 0.6 is 11.6 Å². The van der Waals surface area contributed by atoms with E-state index in [0.29, 0.717) is 5.56 Å². The fourth-order valence-corrected chi connectivity index (χ4v) is 2.75. The van der Waals surface area contributed by atoms with E-state index in [-0.39, 0.29) is 28.0 Å². The molecule has 0 spiro atoms. The fraction of sp³-hybridized carbons (Fsp3) is 0.500. The molecular formula is C14H20ClNO4S. The Morgan fingerprint density at radius 2 is 2.05 bits per heavy atom. The average Bonchev–Trinajstić information content (AvgIpc) is 2.38. The van der Waals surface area contributed by atoms with Crippen LogP contribution in [0.4, 0.5) is 0 Å². The predicted octanol–water partition coefficient (Wildman–Crippen LogP) is 2.89. The highest BCUT2D eigenvalue weighted by Gasteiger charge is 2.19. The molecule has 0 bridgehead atoms. The second-order valence-electron chi connectivity index (χ2n) is 5.11. The van der Waals surface area contributed by atoms with Crippen LogP contribution in [-0.2, 0) is 14.8 Å². The molecule has 21 heavy (non-hydrogen) atoms. The van der Waals surface area contributed by atoms with Crippen molar-refractivity contribution >= 4 is 27.6 Å². The number of halogens is 1. The molecule has 0 heterocycles. The van der Waals surface area contributed by atoms with Gasteiger partial charge in [0.2, 0.25) is 10.0 Å². The van der Waals surface area contributed by atoms with E-state index in [4.69, 9.17) is 21.5 Å². The maximum absolute atomic E-state index is 12.1. The molecule has 0 aliphatic heterocycles. The maximum Gasteiger partial charge on any atom is 0.338 e. The van der Waals surface area contributed by atoms with E-state index >= 15 is 0 Å². The zero-order valence-corrected chi connectivity index (χ0v) is 13.9. The number of nitrogens with two attached hydrogens (primary N) is 1. The second kappa shape index (κ2) is 7.24. The van der Waals surface area contributed by atoms with Crippen LogP contribution in [0.1, 0.15) is 42.6 Å². The third-order valence-electron chi connectivity index (χ3n) is 3.15. The van der Waals surface area contributed by atoms with Crippen LogP contribution in [0.25, 0.3) is 0 Å². The number of carbonyl (C=O) groups is 1. The number of hydrogen-bond acceptors (Lipinski definition) is 4. The van der Waals surface area contributed by atoms with Gasteiger partial charge >= 0.3 is 5.97 Å². The number of esters is 1. The Morgan fingerprint density at radius 3 is 2.57 bits per heavy atom. The van der Waals surface area contributed by atoms with Gasteiger partial charge in [-0.3, -0.25) is 0 Å². The molecule has 0 aromatic heterocycles. The van der Waals surface area contributed by atoms with E-state index < -0.39 is 16.0 Å². The summed E-state index contributed by atoms with van der Waals surface area (Å²) in [4.78, 5) is 11.9. The molecule has 0 fully saturated rings. The van der Waals surface area contributed by atoms with Crippen LogP contribution in [0.15, 0.2) is 17.0 Å². The third-order valence-corrected chi connectivity index (χ3v) is 4.43. The lowest BCUT2D eigenvalue weighted by molar-refractivity contribution is 0.0442. The summed E-state index contributed by atoms with van der Waals surface area (Å²) in [7, 11) is -3.93. The third kappa shape index (κ3) is 4.98. The summed E-state index contributed by atoms with van der Waals surface area (Å²) >= 11 is 5.95. The van der Waals surface area contributed by atoms with Gasteiger partial charge in [-0.05, 0) is 37.0 Å². The zero-order valence-electron chi connectivity index (χ0n) is 12.3. The van der Waals surface area contributed by atoms with Gasteiger partial charge in [-0.25, -0.2) is 18.4 Å². The van der Waals surface area contributed by atoms with E-state index in [1.54, 1.807) is 6.92 Å². The highest BCUT2D eigenvalue weighted by atomic mass is 35.5. The lowest BCUT2D eigenvalue weighted by Gasteiger charge is -2.13. The Labute approximate surface area is 130 Å². The number of carbonyl (C=O) groups excluding carboxylic acids is 1. The highest BCUT2D eigenvalue weighted by molar-refractivity contribution is 7.89. The SMILES string of the molecule is CCCC(C)COC(=O)c1cc(S(N)(=O)=O)cc(Cl)c1C. The van der Waals surface area contributed by atoms with Crippen LogP contribution in [0.2, 0.25) is 5.02 Å². The molecule has 1 atom stereocenters. The first-order valence-corrected chi connectivity index (χ1v) is 8.59. The molecule has 0 amide bonds. The van der Waals surface area contributed by atoms with Crippen molar-refractivity contribution in [2.45, 2.75) is 38.5 Å². The summed E-state index contributed by atoms with van der Waals surface area (Å²) in [5.74, 6) is -0.348. The Hall–Kier alpha value is -1.11. The molecule has 118 valence electrons. The molecule has 1 aromatic carbocycles. The van der Waals surface area contributed by atoms with Gasteiger partial charge in [0.15, 0.2) is 0 Å². The molecule has 1 unspecified atom stereocenters. The highest BCUT2D eigenvalue weighted by Crippen LogP contribution is 2.24. The number of ether oxygens (including phenoxy) is 1. The van der Waals surface area contributed by atoms with E-state index in [2.05, 4.69) is 6.92 Å². The number of benzene rings is 1. The summed E-state index contributed by atoms with van der Waals surface area (Å²) < 4.78 is 28.0. The number of rotatable bonds is 6. The Bertz CT molecular complexity index is 628. The van der Waals surface area contributed by atoms with Crippen molar-refractivity contribution in [3.63, 3.8) is 0 Å². The number of primary sulfonamides is 1.